The fraction of sp³-hybridized carbons (Fsp3) is 0.500. The van der Waals surface area contributed by atoms with Crippen LogP contribution >= 0.6 is 11.6 Å². The zero-order valence-electron chi connectivity index (χ0n) is 14.1. The van der Waals surface area contributed by atoms with Crippen LogP contribution in [0, 0.1) is 17.8 Å². The van der Waals surface area contributed by atoms with Crippen molar-refractivity contribution in [2.75, 3.05) is 18.1 Å². The van der Waals surface area contributed by atoms with Gasteiger partial charge in [0.1, 0.15) is 12.3 Å². The maximum atomic E-state index is 12.5. The number of rotatable bonds is 4. The molecule has 8 heteroatoms. The number of halogens is 1. The van der Waals surface area contributed by atoms with Crippen LogP contribution in [0.5, 0.6) is 5.75 Å². The van der Waals surface area contributed by atoms with Crippen molar-refractivity contribution in [3.8, 4) is 5.75 Å². The summed E-state index contributed by atoms with van der Waals surface area (Å²) < 4.78 is 5.38. The Kier molecular flexibility index (Phi) is 4.26. The molecule has 1 heterocycles. The number of nitrogens with one attached hydrogen (secondary N) is 1. The van der Waals surface area contributed by atoms with E-state index in [0.717, 1.165) is 19.3 Å². The molecule has 1 aromatic rings. The maximum Gasteiger partial charge on any atom is 0.265 e. The van der Waals surface area contributed by atoms with Crippen LogP contribution in [0.15, 0.2) is 18.2 Å². The average Bonchev–Trinajstić information content (AvgIpc) is 2.93. The van der Waals surface area contributed by atoms with Crippen LogP contribution in [0.3, 0.4) is 0 Å². The molecular formula is C18H20ClN3O4. The quantitative estimate of drug-likeness (QED) is 0.819. The van der Waals surface area contributed by atoms with E-state index in [1.807, 2.05) is 0 Å². The topological polar surface area (TPSA) is 102 Å². The molecule has 3 N–H and O–H groups in total. The minimum absolute atomic E-state index is 0.0480. The molecule has 0 bridgehead atoms. The molecule has 3 amide bonds. The molecule has 4 atom stereocenters. The van der Waals surface area contributed by atoms with Crippen molar-refractivity contribution >= 4 is 35.0 Å². The first kappa shape index (κ1) is 17.1. The van der Waals surface area contributed by atoms with Gasteiger partial charge in [-0.2, -0.15) is 0 Å². The Labute approximate surface area is 155 Å². The number of carbonyl (C=O) groups is 3. The van der Waals surface area contributed by atoms with Crippen molar-refractivity contribution in [1.82, 2.24) is 5.32 Å². The van der Waals surface area contributed by atoms with E-state index in [-0.39, 0.29) is 42.8 Å². The summed E-state index contributed by atoms with van der Waals surface area (Å²) in [5.74, 6) is 0.457. The Hall–Kier alpha value is -2.28. The summed E-state index contributed by atoms with van der Waals surface area (Å²) in [6.07, 6.45) is 2.42. The second kappa shape index (κ2) is 6.46. The zero-order chi connectivity index (χ0) is 18.4. The van der Waals surface area contributed by atoms with E-state index < -0.39 is 0 Å². The summed E-state index contributed by atoms with van der Waals surface area (Å²) >= 11 is 6.01. The zero-order valence-corrected chi connectivity index (χ0v) is 14.9. The Bertz CT molecular complexity index is 784. The largest absolute Gasteiger partial charge is 0.482 e. The van der Waals surface area contributed by atoms with Gasteiger partial charge in [-0.05, 0) is 49.3 Å². The van der Waals surface area contributed by atoms with Crippen LogP contribution in [0.1, 0.15) is 19.3 Å². The minimum Gasteiger partial charge on any atom is -0.482 e. The van der Waals surface area contributed by atoms with Gasteiger partial charge in [0.15, 0.2) is 6.61 Å². The molecule has 2 saturated carbocycles. The normalized spacial score (nSPS) is 29.3. The number of hydrogen-bond acceptors (Lipinski definition) is 4. The Morgan fingerprint density at radius 2 is 2.12 bits per heavy atom. The lowest BCUT2D eigenvalue weighted by molar-refractivity contribution is -0.126. The SMILES string of the molecule is NC(=O)C1CC2CC(NC(=O)CN3C(=O)COc4ccc(Cl)cc43)C2C1. The summed E-state index contributed by atoms with van der Waals surface area (Å²) in [4.78, 5) is 37.4. The van der Waals surface area contributed by atoms with Gasteiger partial charge in [-0.3, -0.25) is 19.3 Å². The van der Waals surface area contributed by atoms with Crippen LogP contribution in [-0.4, -0.2) is 36.9 Å². The number of anilines is 1. The highest BCUT2D eigenvalue weighted by Crippen LogP contribution is 2.49. The van der Waals surface area contributed by atoms with Crippen LogP contribution in [0.2, 0.25) is 5.02 Å². The molecule has 1 aromatic carbocycles. The lowest BCUT2D eigenvalue weighted by Gasteiger charge is -2.41. The van der Waals surface area contributed by atoms with E-state index in [1.54, 1.807) is 18.2 Å². The van der Waals surface area contributed by atoms with Gasteiger partial charge in [-0.1, -0.05) is 11.6 Å². The number of hydrogen-bond donors (Lipinski definition) is 2. The minimum atomic E-state index is -0.281. The standard InChI is InChI=1S/C18H20ClN3O4/c19-11-1-2-15-14(6-11)22(17(24)8-26-15)7-16(23)21-13-5-9-3-10(18(20)25)4-12(9)13/h1-2,6,9-10,12-13H,3-5,7-8H2,(H2,20,25)(H,21,23). The molecule has 0 spiro atoms. The maximum absolute atomic E-state index is 12.5. The highest BCUT2D eigenvalue weighted by atomic mass is 35.5. The number of primary amides is 1. The average molecular weight is 378 g/mol. The van der Waals surface area contributed by atoms with E-state index >= 15 is 0 Å². The number of nitrogens with zero attached hydrogens (tertiary/aromatic N) is 1. The molecule has 138 valence electrons. The summed E-state index contributed by atoms with van der Waals surface area (Å²) in [5.41, 5.74) is 5.90. The fourth-order valence-electron chi connectivity index (χ4n) is 4.37. The number of fused-ring (bicyclic) bond motifs is 2. The van der Waals surface area contributed by atoms with Crippen LogP contribution in [0.25, 0.3) is 0 Å². The van der Waals surface area contributed by atoms with Gasteiger partial charge in [0.25, 0.3) is 5.91 Å². The molecule has 1 aliphatic heterocycles. The van der Waals surface area contributed by atoms with Crippen LogP contribution < -0.4 is 20.7 Å². The molecule has 2 fully saturated rings. The third-order valence-corrected chi connectivity index (χ3v) is 5.97. The molecule has 2 aliphatic carbocycles. The summed E-state index contributed by atoms with van der Waals surface area (Å²) in [6, 6.07) is 5.04. The Balaban J connectivity index is 1.40. The molecule has 4 rings (SSSR count). The number of carbonyl (C=O) groups excluding carboxylic acids is 3. The van der Waals surface area contributed by atoms with Crippen molar-refractivity contribution in [2.45, 2.75) is 25.3 Å². The van der Waals surface area contributed by atoms with Crippen LogP contribution in [0.4, 0.5) is 5.69 Å². The molecule has 0 saturated heterocycles. The van der Waals surface area contributed by atoms with E-state index in [1.165, 1.54) is 4.90 Å². The van der Waals surface area contributed by atoms with Crippen molar-refractivity contribution in [1.29, 1.82) is 0 Å². The van der Waals surface area contributed by atoms with Gasteiger partial charge in [0, 0.05) is 17.0 Å². The molecule has 7 nitrogen and oxygen atoms in total. The summed E-state index contributed by atoms with van der Waals surface area (Å²) in [5, 5.41) is 3.47. The smallest absolute Gasteiger partial charge is 0.265 e. The number of nitrogens with two attached hydrogens (primary N) is 1. The summed E-state index contributed by atoms with van der Waals surface area (Å²) in [7, 11) is 0. The molecule has 0 aromatic heterocycles. The molecule has 3 aliphatic rings. The van der Waals surface area contributed by atoms with Gasteiger partial charge in [-0.15, -0.1) is 0 Å². The summed E-state index contributed by atoms with van der Waals surface area (Å²) in [6.45, 7) is -0.182. The highest BCUT2D eigenvalue weighted by Gasteiger charge is 2.49. The molecular weight excluding hydrogens is 358 g/mol. The number of amides is 3. The third-order valence-electron chi connectivity index (χ3n) is 5.74. The number of benzene rings is 1. The Morgan fingerprint density at radius 3 is 2.88 bits per heavy atom. The highest BCUT2D eigenvalue weighted by molar-refractivity contribution is 6.31. The predicted molar refractivity (Wildman–Crippen MR) is 94.7 cm³/mol. The monoisotopic (exact) mass is 377 g/mol. The van der Waals surface area contributed by atoms with Gasteiger partial charge in [0.2, 0.25) is 11.8 Å². The van der Waals surface area contributed by atoms with Crippen molar-refractivity contribution in [2.24, 2.45) is 23.5 Å². The second-order valence-corrected chi connectivity index (χ2v) is 7.72. The van der Waals surface area contributed by atoms with Crippen molar-refractivity contribution < 1.29 is 19.1 Å². The number of ether oxygens (including phenoxy) is 1. The first-order valence-corrected chi connectivity index (χ1v) is 9.11. The van der Waals surface area contributed by atoms with E-state index in [4.69, 9.17) is 22.1 Å². The van der Waals surface area contributed by atoms with E-state index in [9.17, 15) is 14.4 Å². The van der Waals surface area contributed by atoms with Crippen molar-refractivity contribution in [3.63, 3.8) is 0 Å². The fourth-order valence-corrected chi connectivity index (χ4v) is 4.54. The van der Waals surface area contributed by atoms with Crippen LogP contribution in [-0.2, 0) is 14.4 Å². The van der Waals surface area contributed by atoms with E-state index in [0.29, 0.717) is 28.3 Å². The lowest BCUT2D eigenvalue weighted by atomic mass is 9.71. The molecule has 0 radical (unpaired) electrons. The first-order valence-electron chi connectivity index (χ1n) is 8.73. The Morgan fingerprint density at radius 1 is 1.31 bits per heavy atom. The molecule has 26 heavy (non-hydrogen) atoms. The van der Waals surface area contributed by atoms with Gasteiger partial charge in [0.05, 0.1) is 5.69 Å². The molecule has 4 unspecified atom stereocenters. The third kappa shape index (κ3) is 3.00. The van der Waals surface area contributed by atoms with Gasteiger partial charge >= 0.3 is 0 Å². The van der Waals surface area contributed by atoms with Crippen molar-refractivity contribution in [3.05, 3.63) is 23.2 Å². The second-order valence-electron chi connectivity index (χ2n) is 7.28. The first-order chi connectivity index (χ1) is 12.4. The van der Waals surface area contributed by atoms with E-state index in [2.05, 4.69) is 5.32 Å². The predicted octanol–water partition coefficient (Wildman–Crippen LogP) is 1.08. The van der Waals surface area contributed by atoms with Gasteiger partial charge < -0.3 is 15.8 Å². The van der Waals surface area contributed by atoms with Gasteiger partial charge in [-0.25, -0.2) is 0 Å². The lowest BCUT2D eigenvalue weighted by Crippen LogP contribution is -2.53.